The molecule has 1 atom stereocenters. The lowest BCUT2D eigenvalue weighted by molar-refractivity contribution is 0.0967. The predicted molar refractivity (Wildman–Crippen MR) is 76.3 cm³/mol. The first-order chi connectivity index (χ1) is 9.34. The van der Waals surface area contributed by atoms with Crippen LogP contribution >= 0.6 is 0 Å². The fourth-order valence-corrected chi connectivity index (χ4v) is 2.70. The van der Waals surface area contributed by atoms with Crippen molar-refractivity contribution in [2.24, 2.45) is 0 Å². The van der Waals surface area contributed by atoms with Crippen LogP contribution in [-0.2, 0) is 6.42 Å². The number of rotatable bonds is 3. The number of carbonyl (C=O) groups excluding carboxylic acids is 1. The Hall–Kier alpha value is -1.93. The molecule has 1 N–H and O–H groups in total. The Bertz CT molecular complexity index is 577. The van der Waals surface area contributed by atoms with Crippen molar-refractivity contribution in [3.8, 4) is 0 Å². The Labute approximate surface area is 113 Å². The molecule has 2 aromatic carbocycles. The van der Waals surface area contributed by atoms with Crippen LogP contribution in [0.4, 0.5) is 0 Å². The zero-order chi connectivity index (χ0) is 13.1. The van der Waals surface area contributed by atoms with Gasteiger partial charge >= 0.3 is 0 Å². The van der Waals surface area contributed by atoms with Gasteiger partial charge in [-0.15, -0.1) is 0 Å². The summed E-state index contributed by atoms with van der Waals surface area (Å²) in [6.45, 7) is 0.948. The topological polar surface area (TPSA) is 29.1 Å². The van der Waals surface area contributed by atoms with Crippen molar-refractivity contribution in [1.29, 1.82) is 0 Å². The SMILES string of the molecule is O=C(CC1NCCc2ccccc21)c1ccccc1. The number of nitrogens with one attached hydrogen (secondary N) is 1. The highest BCUT2D eigenvalue weighted by Gasteiger charge is 2.22. The van der Waals surface area contributed by atoms with Crippen molar-refractivity contribution in [2.45, 2.75) is 18.9 Å². The van der Waals surface area contributed by atoms with Gasteiger partial charge in [-0.3, -0.25) is 4.79 Å². The maximum Gasteiger partial charge on any atom is 0.164 e. The second-order valence-corrected chi connectivity index (χ2v) is 4.95. The molecule has 0 aromatic heterocycles. The Kier molecular flexibility index (Phi) is 3.43. The third-order valence-electron chi connectivity index (χ3n) is 3.70. The van der Waals surface area contributed by atoms with Gasteiger partial charge in [-0.2, -0.15) is 0 Å². The quantitative estimate of drug-likeness (QED) is 0.849. The van der Waals surface area contributed by atoms with Gasteiger partial charge in [0.05, 0.1) is 0 Å². The largest absolute Gasteiger partial charge is 0.309 e. The van der Waals surface area contributed by atoms with Crippen LogP contribution < -0.4 is 5.32 Å². The highest BCUT2D eigenvalue weighted by molar-refractivity contribution is 5.96. The van der Waals surface area contributed by atoms with Crippen molar-refractivity contribution < 1.29 is 4.79 Å². The maximum absolute atomic E-state index is 12.3. The summed E-state index contributed by atoms with van der Waals surface area (Å²) in [7, 11) is 0. The number of fused-ring (bicyclic) bond motifs is 1. The summed E-state index contributed by atoms with van der Waals surface area (Å²) in [5, 5.41) is 3.46. The van der Waals surface area contributed by atoms with E-state index < -0.39 is 0 Å². The number of carbonyl (C=O) groups is 1. The average molecular weight is 251 g/mol. The van der Waals surface area contributed by atoms with Gasteiger partial charge in [-0.1, -0.05) is 54.6 Å². The summed E-state index contributed by atoms with van der Waals surface area (Å²) >= 11 is 0. The monoisotopic (exact) mass is 251 g/mol. The normalized spacial score (nSPS) is 17.8. The third-order valence-corrected chi connectivity index (χ3v) is 3.70. The lowest BCUT2D eigenvalue weighted by Crippen LogP contribution is -2.31. The second kappa shape index (κ2) is 5.37. The molecule has 0 spiro atoms. The standard InChI is InChI=1S/C17H17NO/c19-17(14-7-2-1-3-8-14)12-16-15-9-5-4-6-13(15)10-11-18-16/h1-9,16,18H,10-12H2. The molecule has 2 aromatic rings. The van der Waals surface area contributed by atoms with Crippen LogP contribution in [0.25, 0.3) is 0 Å². The van der Waals surface area contributed by atoms with Gasteiger partial charge in [-0.05, 0) is 24.1 Å². The van der Waals surface area contributed by atoms with E-state index in [1.807, 2.05) is 36.4 Å². The minimum absolute atomic E-state index is 0.151. The molecular formula is C17H17NO. The van der Waals surface area contributed by atoms with E-state index in [0.29, 0.717) is 6.42 Å². The highest BCUT2D eigenvalue weighted by atomic mass is 16.1. The van der Waals surface area contributed by atoms with Crippen LogP contribution in [0.2, 0.25) is 0 Å². The van der Waals surface area contributed by atoms with Crippen LogP contribution in [0, 0.1) is 0 Å². The molecule has 0 bridgehead atoms. The molecule has 1 heterocycles. The molecule has 2 nitrogen and oxygen atoms in total. The first-order valence-corrected chi connectivity index (χ1v) is 6.74. The lowest BCUT2D eigenvalue weighted by Gasteiger charge is -2.26. The fourth-order valence-electron chi connectivity index (χ4n) is 2.70. The molecule has 0 saturated carbocycles. The molecule has 0 saturated heterocycles. The maximum atomic E-state index is 12.3. The molecule has 1 aliphatic rings. The molecule has 1 unspecified atom stereocenters. The molecule has 2 heteroatoms. The van der Waals surface area contributed by atoms with Gasteiger partial charge < -0.3 is 5.32 Å². The van der Waals surface area contributed by atoms with Crippen molar-refractivity contribution in [3.63, 3.8) is 0 Å². The summed E-state index contributed by atoms with van der Waals surface area (Å²) in [4.78, 5) is 12.3. The highest BCUT2D eigenvalue weighted by Crippen LogP contribution is 2.26. The summed E-state index contributed by atoms with van der Waals surface area (Å²) in [5.74, 6) is 0.204. The number of hydrogen-bond acceptors (Lipinski definition) is 2. The number of benzene rings is 2. The van der Waals surface area contributed by atoms with E-state index >= 15 is 0 Å². The van der Waals surface area contributed by atoms with Crippen LogP contribution in [0.15, 0.2) is 54.6 Å². The van der Waals surface area contributed by atoms with E-state index in [9.17, 15) is 4.79 Å². The molecular weight excluding hydrogens is 234 g/mol. The van der Waals surface area contributed by atoms with Crippen molar-refractivity contribution in [1.82, 2.24) is 5.32 Å². The van der Waals surface area contributed by atoms with Gasteiger partial charge in [0.25, 0.3) is 0 Å². The summed E-state index contributed by atoms with van der Waals surface area (Å²) in [6.07, 6.45) is 1.58. The first kappa shape index (κ1) is 12.1. The van der Waals surface area contributed by atoms with Crippen molar-refractivity contribution in [3.05, 3.63) is 71.3 Å². The molecule has 19 heavy (non-hydrogen) atoms. The zero-order valence-corrected chi connectivity index (χ0v) is 10.8. The van der Waals surface area contributed by atoms with Gasteiger partial charge in [0, 0.05) is 18.0 Å². The Morgan fingerprint density at radius 1 is 1.05 bits per heavy atom. The van der Waals surface area contributed by atoms with Crippen molar-refractivity contribution >= 4 is 5.78 Å². The predicted octanol–water partition coefficient (Wildman–Crippen LogP) is 3.15. The summed E-state index contributed by atoms with van der Waals surface area (Å²) in [5.41, 5.74) is 3.44. The Morgan fingerprint density at radius 3 is 2.63 bits per heavy atom. The molecule has 1 aliphatic heterocycles. The molecule has 3 rings (SSSR count). The first-order valence-electron chi connectivity index (χ1n) is 6.74. The molecule has 96 valence electrons. The molecule has 0 radical (unpaired) electrons. The van der Waals surface area contributed by atoms with E-state index in [1.54, 1.807) is 0 Å². The third kappa shape index (κ3) is 2.59. The minimum Gasteiger partial charge on any atom is -0.309 e. The van der Waals surface area contributed by atoms with Gasteiger partial charge in [0.2, 0.25) is 0 Å². The van der Waals surface area contributed by atoms with E-state index in [0.717, 1.165) is 18.5 Å². The zero-order valence-electron chi connectivity index (χ0n) is 10.8. The Balaban J connectivity index is 1.80. The average Bonchev–Trinajstić information content (AvgIpc) is 2.48. The van der Waals surface area contributed by atoms with E-state index in [4.69, 9.17) is 0 Å². The molecule has 0 aliphatic carbocycles. The van der Waals surface area contributed by atoms with Gasteiger partial charge in [0.15, 0.2) is 5.78 Å². The summed E-state index contributed by atoms with van der Waals surface area (Å²) < 4.78 is 0. The van der Waals surface area contributed by atoms with Crippen molar-refractivity contribution in [2.75, 3.05) is 6.54 Å². The summed E-state index contributed by atoms with van der Waals surface area (Å²) in [6, 6.07) is 18.1. The molecule has 0 amide bonds. The van der Waals surface area contributed by atoms with E-state index in [2.05, 4.69) is 23.5 Å². The van der Waals surface area contributed by atoms with Crippen LogP contribution in [-0.4, -0.2) is 12.3 Å². The number of ketones is 1. The van der Waals surface area contributed by atoms with Crippen LogP contribution in [0.1, 0.15) is 33.9 Å². The second-order valence-electron chi connectivity index (χ2n) is 4.95. The Morgan fingerprint density at radius 2 is 1.79 bits per heavy atom. The minimum atomic E-state index is 0.151. The lowest BCUT2D eigenvalue weighted by atomic mass is 9.90. The van der Waals surface area contributed by atoms with Gasteiger partial charge in [0.1, 0.15) is 0 Å². The molecule has 0 fully saturated rings. The van der Waals surface area contributed by atoms with Gasteiger partial charge in [-0.25, -0.2) is 0 Å². The van der Waals surface area contributed by atoms with Crippen LogP contribution in [0.3, 0.4) is 0 Å². The van der Waals surface area contributed by atoms with E-state index in [-0.39, 0.29) is 11.8 Å². The smallest absolute Gasteiger partial charge is 0.164 e. The van der Waals surface area contributed by atoms with E-state index in [1.165, 1.54) is 11.1 Å². The van der Waals surface area contributed by atoms with Crippen LogP contribution in [0.5, 0.6) is 0 Å². The number of hydrogen-bond donors (Lipinski definition) is 1. The fraction of sp³-hybridized carbons (Fsp3) is 0.235. The number of Topliss-reactive ketones (excluding diaryl/α,β-unsaturated/α-hetero) is 1.